The molecule has 0 aromatic heterocycles. The number of hydrogen-bond acceptors (Lipinski definition) is 1. The third-order valence-corrected chi connectivity index (χ3v) is 4.36. The summed E-state index contributed by atoms with van der Waals surface area (Å²) in [6.07, 6.45) is 2.71. The van der Waals surface area contributed by atoms with Crippen molar-refractivity contribution in [1.82, 2.24) is 5.32 Å². The first-order valence-electron chi connectivity index (χ1n) is 7.50. The number of nitrogens with one attached hydrogen (secondary N) is 1. The molecule has 1 aromatic rings. The number of carbonyl (C=O) groups is 1. The third kappa shape index (κ3) is 3.52. The van der Waals surface area contributed by atoms with E-state index in [1.807, 2.05) is 6.07 Å². The average Bonchev–Trinajstić information content (AvgIpc) is 2.92. The zero-order valence-electron chi connectivity index (χ0n) is 13.2. The molecule has 2 unspecified atom stereocenters. The van der Waals surface area contributed by atoms with Crippen molar-refractivity contribution in [2.45, 2.75) is 34.1 Å². The van der Waals surface area contributed by atoms with Crippen molar-refractivity contribution in [3.63, 3.8) is 0 Å². The number of halogens is 1. The quantitative estimate of drug-likeness (QED) is 0.822. The number of carbonyl (C=O) groups excluding carboxylic acids is 1. The zero-order chi connectivity index (χ0) is 15.6. The van der Waals surface area contributed by atoms with Crippen molar-refractivity contribution in [2.24, 2.45) is 17.3 Å². The van der Waals surface area contributed by atoms with E-state index >= 15 is 0 Å². The van der Waals surface area contributed by atoms with E-state index in [4.69, 9.17) is 0 Å². The number of rotatable bonds is 5. The topological polar surface area (TPSA) is 29.1 Å². The van der Waals surface area contributed by atoms with Crippen molar-refractivity contribution >= 4 is 5.91 Å². The molecule has 1 fully saturated rings. The summed E-state index contributed by atoms with van der Waals surface area (Å²) in [4.78, 5) is 12.3. The predicted octanol–water partition coefficient (Wildman–Crippen LogP) is 3.72. The Bertz CT molecular complexity index is 558. The van der Waals surface area contributed by atoms with Gasteiger partial charge in [0.25, 0.3) is 0 Å². The molecule has 1 aliphatic carbocycles. The van der Waals surface area contributed by atoms with E-state index in [0.29, 0.717) is 24.4 Å². The van der Waals surface area contributed by atoms with Crippen molar-refractivity contribution in [2.75, 3.05) is 6.54 Å². The molecule has 1 aliphatic rings. The van der Waals surface area contributed by atoms with Gasteiger partial charge < -0.3 is 5.32 Å². The van der Waals surface area contributed by atoms with Gasteiger partial charge in [0.05, 0.1) is 5.92 Å². The number of hydrogen-bond donors (Lipinski definition) is 1. The lowest BCUT2D eigenvalue weighted by Crippen LogP contribution is -2.29. The van der Waals surface area contributed by atoms with Gasteiger partial charge in [-0.25, -0.2) is 4.39 Å². The summed E-state index contributed by atoms with van der Waals surface area (Å²) in [5, 5.41) is 2.94. The predicted molar refractivity (Wildman–Crippen MR) is 83.3 cm³/mol. The second kappa shape index (κ2) is 6.00. The fraction of sp³-hybridized carbons (Fsp3) is 0.500. The van der Waals surface area contributed by atoms with Gasteiger partial charge >= 0.3 is 0 Å². The molecule has 0 heterocycles. The molecule has 1 aromatic carbocycles. The van der Waals surface area contributed by atoms with Crippen molar-refractivity contribution in [1.29, 1.82) is 0 Å². The Kier molecular flexibility index (Phi) is 4.50. The maximum Gasteiger partial charge on any atom is 0.224 e. The lowest BCUT2D eigenvalue weighted by molar-refractivity contribution is -0.123. The van der Waals surface area contributed by atoms with Gasteiger partial charge in [0.15, 0.2) is 0 Å². The van der Waals surface area contributed by atoms with Crippen molar-refractivity contribution in [3.05, 3.63) is 47.3 Å². The highest BCUT2D eigenvalue weighted by Gasteiger charge is 2.60. The summed E-state index contributed by atoms with van der Waals surface area (Å²) < 4.78 is 13.5. The second-order valence-corrected chi connectivity index (χ2v) is 6.70. The maximum atomic E-state index is 13.5. The lowest BCUT2D eigenvalue weighted by Gasteiger charge is -2.07. The third-order valence-electron chi connectivity index (χ3n) is 4.36. The molecule has 2 atom stereocenters. The highest BCUT2D eigenvalue weighted by molar-refractivity contribution is 5.83. The second-order valence-electron chi connectivity index (χ2n) is 6.70. The van der Waals surface area contributed by atoms with Gasteiger partial charge in [-0.15, -0.1) is 0 Å². The monoisotopic (exact) mass is 289 g/mol. The van der Waals surface area contributed by atoms with Crippen LogP contribution < -0.4 is 5.32 Å². The Hall–Kier alpha value is -1.64. The molecule has 1 N–H and O–H groups in total. The highest BCUT2D eigenvalue weighted by Crippen LogP contribution is 2.59. The van der Waals surface area contributed by atoms with Crippen molar-refractivity contribution in [3.8, 4) is 0 Å². The summed E-state index contributed by atoms with van der Waals surface area (Å²) >= 11 is 0. The minimum Gasteiger partial charge on any atom is -0.355 e. The van der Waals surface area contributed by atoms with E-state index in [1.165, 1.54) is 11.6 Å². The molecule has 114 valence electrons. The molecule has 0 aliphatic heterocycles. The van der Waals surface area contributed by atoms with E-state index in [0.717, 1.165) is 0 Å². The summed E-state index contributed by atoms with van der Waals surface area (Å²) in [5.41, 5.74) is 1.92. The molecule has 1 saturated carbocycles. The van der Waals surface area contributed by atoms with Crippen LogP contribution >= 0.6 is 0 Å². The molecule has 0 spiro atoms. The van der Waals surface area contributed by atoms with Crippen LogP contribution in [-0.4, -0.2) is 12.5 Å². The fourth-order valence-electron chi connectivity index (χ4n) is 2.98. The molecule has 0 radical (unpaired) electrons. The van der Waals surface area contributed by atoms with Gasteiger partial charge in [0, 0.05) is 6.54 Å². The maximum absolute atomic E-state index is 13.5. The Morgan fingerprint density at radius 2 is 2.00 bits per heavy atom. The van der Waals surface area contributed by atoms with Crippen molar-refractivity contribution < 1.29 is 9.18 Å². The fourth-order valence-corrected chi connectivity index (χ4v) is 2.98. The summed E-state index contributed by atoms with van der Waals surface area (Å²) in [6, 6.07) is 6.70. The zero-order valence-corrected chi connectivity index (χ0v) is 13.2. The van der Waals surface area contributed by atoms with Crippen LogP contribution in [0.1, 0.15) is 33.3 Å². The largest absolute Gasteiger partial charge is 0.355 e. The first-order chi connectivity index (χ1) is 9.84. The molecular formula is C18H24FNO. The van der Waals surface area contributed by atoms with Crippen LogP contribution in [0.5, 0.6) is 0 Å². The van der Waals surface area contributed by atoms with Crippen LogP contribution in [0.4, 0.5) is 4.39 Å². The molecule has 3 heteroatoms. The van der Waals surface area contributed by atoms with Crippen LogP contribution in [0.2, 0.25) is 0 Å². The molecule has 0 bridgehead atoms. The molecule has 2 nitrogen and oxygen atoms in total. The van der Waals surface area contributed by atoms with Gasteiger partial charge in [-0.1, -0.05) is 43.7 Å². The van der Waals surface area contributed by atoms with E-state index in [1.54, 1.807) is 12.1 Å². The molecule has 0 saturated heterocycles. The van der Waals surface area contributed by atoms with Gasteiger partial charge in [-0.2, -0.15) is 0 Å². The van der Waals surface area contributed by atoms with E-state index in [-0.39, 0.29) is 23.1 Å². The van der Waals surface area contributed by atoms with Crippen LogP contribution in [-0.2, 0) is 11.2 Å². The molecule has 2 rings (SSSR count). The van der Waals surface area contributed by atoms with E-state index in [9.17, 15) is 9.18 Å². The van der Waals surface area contributed by atoms with Gasteiger partial charge in [0.1, 0.15) is 5.82 Å². The minimum atomic E-state index is -0.207. The van der Waals surface area contributed by atoms with E-state index in [2.05, 4.69) is 39.1 Å². The summed E-state index contributed by atoms with van der Waals surface area (Å²) in [6.45, 7) is 8.84. The van der Waals surface area contributed by atoms with Gasteiger partial charge in [-0.3, -0.25) is 4.79 Å². The average molecular weight is 289 g/mol. The smallest absolute Gasteiger partial charge is 0.224 e. The first-order valence-corrected chi connectivity index (χ1v) is 7.50. The normalized spacial score (nSPS) is 22.5. The first kappa shape index (κ1) is 15.7. The summed E-state index contributed by atoms with van der Waals surface area (Å²) in [7, 11) is 0. The van der Waals surface area contributed by atoms with Gasteiger partial charge in [-0.05, 0) is 43.2 Å². The van der Waals surface area contributed by atoms with E-state index < -0.39 is 0 Å². The lowest BCUT2D eigenvalue weighted by atomic mass is 10.1. The molecule has 1 amide bonds. The van der Waals surface area contributed by atoms with Crippen LogP contribution in [0.25, 0.3) is 0 Å². The number of benzene rings is 1. The minimum absolute atomic E-state index is 0.0271. The number of allylic oxidation sites excluding steroid dienone is 2. The molecular weight excluding hydrogens is 265 g/mol. The number of amides is 1. The van der Waals surface area contributed by atoms with Crippen LogP contribution in [0, 0.1) is 23.1 Å². The van der Waals surface area contributed by atoms with Gasteiger partial charge in [0.2, 0.25) is 5.91 Å². The highest BCUT2D eigenvalue weighted by atomic mass is 19.1. The Balaban J connectivity index is 1.86. The summed E-state index contributed by atoms with van der Waals surface area (Å²) in [5.74, 6) is 0.226. The Labute approximate surface area is 126 Å². The van der Waals surface area contributed by atoms with Crippen LogP contribution in [0.15, 0.2) is 35.9 Å². The molecule has 21 heavy (non-hydrogen) atoms. The Morgan fingerprint density at radius 1 is 1.33 bits per heavy atom. The standard InChI is InChI=1S/C18H24FNO/c1-12(2)11-14-16(18(14,3)4)17(21)20-10-9-13-7-5-6-8-15(13)19/h5-8,11,14,16H,9-10H2,1-4H3,(H,20,21). The Morgan fingerprint density at radius 3 is 2.62 bits per heavy atom. The van der Waals surface area contributed by atoms with Crippen LogP contribution in [0.3, 0.4) is 0 Å². The SMILES string of the molecule is CC(C)=CC1C(C(=O)NCCc2ccccc2F)C1(C)C.